The van der Waals surface area contributed by atoms with Crippen molar-refractivity contribution in [2.45, 2.75) is 20.8 Å². The normalized spacial score (nSPS) is 10.9. The molecule has 0 spiro atoms. The van der Waals surface area contributed by atoms with Crippen molar-refractivity contribution in [2.24, 2.45) is 0 Å². The molecule has 0 bridgehead atoms. The fourth-order valence-electron chi connectivity index (χ4n) is 3.30. The van der Waals surface area contributed by atoms with E-state index in [1.54, 1.807) is 19.9 Å². The van der Waals surface area contributed by atoms with E-state index >= 15 is 0 Å². The predicted molar refractivity (Wildman–Crippen MR) is 130 cm³/mol. The average molecular weight is 459 g/mol. The maximum absolute atomic E-state index is 13.0. The second-order valence-corrected chi connectivity index (χ2v) is 8.25. The van der Waals surface area contributed by atoms with Crippen molar-refractivity contribution in [3.63, 3.8) is 0 Å². The molecule has 3 aromatic rings. The minimum absolute atomic E-state index is 0.0455. The van der Waals surface area contributed by atoms with Gasteiger partial charge in [-0.1, -0.05) is 36.3 Å². The molecule has 6 nitrogen and oxygen atoms in total. The summed E-state index contributed by atoms with van der Waals surface area (Å²) in [7, 11) is 0. The summed E-state index contributed by atoms with van der Waals surface area (Å²) in [4.78, 5) is 26.3. The van der Waals surface area contributed by atoms with Crippen LogP contribution in [0.25, 0.3) is 16.8 Å². The van der Waals surface area contributed by atoms with Gasteiger partial charge >= 0.3 is 5.97 Å². The Bertz CT molecular complexity index is 1340. The van der Waals surface area contributed by atoms with Gasteiger partial charge in [-0.2, -0.15) is 5.26 Å². The number of carbonyl (C=O) groups is 2. The Hall–Kier alpha value is -4.07. The monoisotopic (exact) mass is 458 g/mol. The third-order valence-corrected chi connectivity index (χ3v) is 6.11. The lowest BCUT2D eigenvalue weighted by Gasteiger charge is -2.11. The first kappa shape index (κ1) is 23.6. The highest BCUT2D eigenvalue weighted by molar-refractivity contribution is 7.16. The lowest BCUT2D eigenvalue weighted by Crippen LogP contribution is -2.16. The molecule has 1 N–H and O–H groups in total. The van der Waals surface area contributed by atoms with Gasteiger partial charge in [0.25, 0.3) is 5.91 Å². The van der Waals surface area contributed by atoms with Gasteiger partial charge in [-0.3, -0.25) is 4.79 Å². The molecule has 0 saturated heterocycles. The van der Waals surface area contributed by atoms with E-state index in [2.05, 4.69) is 11.2 Å². The second-order valence-electron chi connectivity index (χ2n) is 7.02. The number of nitrogens with zero attached hydrogens (tertiary/aromatic N) is 1. The summed E-state index contributed by atoms with van der Waals surface area (Å²) >= 11 is 1.26. The Kier molecular flexibility index (Phi) is 7.50. The summed E-state index contributed by atoms with van der Waals surface area (Å²) in [5, 5.41) is 14.5. The van der Waals surface area contributed by atoms with Crippen LogP contribution < -0.4 is 10.1 Å². The highest BCUT2D eigenvalue weighted by Crippen LogP contribution is 2.34. The summed E-state index contributed by atoms with van der Waals surface area (Å²) in [6.45, 7) is 5.62. The van der Waals surface area contributed by atoms with Crippen LogP contribution in [0.1, 0.15) is 33.3 Å². The molecule has 0 aliphatic rings. The van der Waals surface area contributed by atoms with Crippen molar-refractivity contribution in [3.05, 3.63) is 63.5 Å². The van der Waals surface area contributed by atoms with E-state index in [9.17, 15) is 14.9 Å². The number of terminal acetylenes is 1. The van der Waals surface area contributed by atoms with Gasteiger partial charge in [0, 0.05) is 10.4 Å². The maximum atomic E-state index is 13.0. The summed E-state index contributed by atoms with van der Waals surface area (Å²) in [5.74, 6) is 1.72. The van der Waals surface area contributed by atoms with Gasteiger partial charge in [-0.15, -0.1) is 17.8 Å². The van der Waals surface area contributed by atoms with Crippen LogP contribution in [0, 0.1) is 37.5 Å². The number of nitriles is 1. The largest absolute Gasteiger partial charge is 0.480 e. The summed E-state index contributed by atoms with van der Waals surface area (Å²) in [5.41, 5.74) is 1.46. The molecule has 7 heteroatoms. The zero-order valence-corrected chi connectivity index (χ0v) is 19.3. The van der Waals surface area contributed by atoms with Crippen LogP contribution in [0.15, 0.2) is 42.0 Å². The van der Waals surface area contributed by atoms with Crippen molar-refractivity contribution in [3.8, 4) is 24.2 Å². The Morgan fingerprint density at radius 2 is 1.97 bits per heavy atom. The topological polar surface area (TPSA) is 88.4 Å². The van der Waals surface area contributed by atoms with Gasteiger partial charge in [0.05, 0.1) is 12.2 Å². The molecule has 166 valence electrons. The van der Waals surface area contributed by atoms with Gasteiger partial charge in [-0.05, 0) is 49.2 Å². The number of fused-ring (bicyclic) bond motifs is 1. The van der Waals surface area contributed by atoms with Gasteiger partial charge < -0.3 is 14.8 Å². The van der Waals surface area contributed by atoms with E-state index in [0.29, 0.717) is 21.9 Å². The van der Waals surface area contributed by atoms with E-state index in [0.717, 1.165) is 21.2 Å². The van der Waals surface area contributed by atoms with E-state index in [-0.39, 0.29) is 18.8 Å². The van der Waals surface area contributed by atoms with Crippen LogP contribution in [0.4, 0.5) is 5.00 Å². The molecule has 1 aromatic heterocycles. The number of carbonyl (C=O) groups excluding carboxylic acids is 2. The lowest BCUT2D eigenvalue weighted by atomic mass is 10.0. The molecule has 1 amide bonds. The van der Waals surface area contributed by atoms with Gasteiger partial charge in [-0.25, -0.2) is 4.79 Å². The SMILES string of the molecule is C#CCOc1ccc2ccccc2c1/C=C(\C#N)C(=O)Nc1sc(C)c(C)c1C(=O)OCC. The number of anilines is 1. The number of aryl methyl sites for hydroxylation is 1. The summed E-state index contributed by atoms with van der Waals surface area (Å²) < 4.78 is 10.8. The molecule has 3 rings (SSSR count). The zero-order valence-electron chi connectivity index (χ0n) is 18.5. The third kappa shape index (κ3) is 5.06. The minimum atomic E-state index is -0.639. The zero-order chi connectivity index (χ0) is 24.0. The van der Waals surface area contributed by atoms with Crippen LogP contribution in [-0.2, 0) is 9.53 Å². The number of hydrogen-bond acceptors (Lipinski definition) is 6. The van der Waals surface area contributed by atoms with Crippen molar-refractivity contribution in [1.82, 2.24) is 0 Å². The third-order valence-electron chi connectivity index (χ3n) is 4.99. The van der Waals surface area contributed by atoms with E-state index in [1.807, 2.05) is 43.3 Å². The first-order valence-electron chi connectivity index (χ1n) is 10.2. The number of amides is 1. The number of nitrogens with one attached hydrogen (secondary N) is 1. The molecular weight excluding hydrogens is 436 g/mol. The predicted octanol–water partition coefficient (Wildman–Crippen LogP) is 5.25. The van der Waals surface area contributed by atoms with Crippen LogP contribution in [0.3, 0.4) is 0 Å². The highest BCUT2D eigenvalue weighted by atomic mass is 32.1. The molecule has 0 aliphatic carbocycles. The number of ether oxygens (including phenoxy) is 2. The number of thiophene rings is 1. The highest BCUT2D eigenvalue weighted by Gasteiger charge is 2.23. The molecule has 0 atom stereocenters. The Balaban J connectivity index is 2.04. The molecule has 0 aliphatic heterocycles. The van der Waals surface area contributed by atoms with E-state index in [4.69, 9.17) is 15.9 Å². The molecule has 0 fully saturated rings. The van der Waals surface area contributed by atoms with Gasteiger partial charge in [0.1, 0.15) is 29.0 Å². The number of rotatable bonds is 7. The standard InChI is InChI=1S/C26H22N2O4S/c1-5-13-32-22-12-11-18-9-7-8-10-20(18)21(22)14-19(15-27)24(29)28-25-23(26(30)31-6-2)16(3)17(4)33-25/h1,7-12,14H,6,13H2,2-4H3,(H,28,29)/b19-14+. The number of hydrogen-bond donors (Lipinski definition) is 1. The van der Waals surface area contributed by atoms with Crippen LogP contribution in [0.2, 0.25) is 0 Å². The minimum Gasteiger partial charge on any atom is -0.480 e. The molecule has 2 aromatic carbocycles. The van der Waals surface area contributed by atoms with Crippen LogP contribution in [0.5, 0.6) is 5.75 Å². The smallest absolute Gasteiger partial charge is 0.341 e. The quantitative estimate of drug-likeness (QED) is 0.226. The Labute approximate surface area is 196 Å². The van der Waals surface area contributed by atoms with E-state index < -0.39 is 11.9 Å². The first-order valence-corrected chi connectivity index (χ1v) is 11.0. The van der Waals surface area contributed by atoms with Crippen molar-refractivity contribution < 1.29 is 19.1 Å². The van der Waals surface area contributed by atoms with Crippen molar-refractivity contribution in [2.75, 3.05) is 18.5 Å². The molecule has 1 heterocycles. The average Bonchev–Trinajstić information content (AvgIpc) is 3.09. The number of esters is 1. The molecule has 0 unspecified atom stereocenters. The fraction of sp³-hybridized carbons (Fsp3) is 0.192. The van der Waals surface area contributed by atoms with Crippen molar-refractivity contribution >= 4 is 45.1 Å². The molecule has 0 radical (unpaired) electrons. The number of benzene rings is 2. The second kappa shape index (κ2) is 10.5. The summed E-state index contributed by atoms with van der Waals surface area (Å²) in [6, 6.07) is 13.1. The first-order chi connectivity index (χ1) is 15.9. The molecule has 0 saturated carbocycles. The lowest BCUT2D eigenvalue weighted by molar-refractivity contribution is -0.112. The van der Waals surface area contributed by atoms with Gasteiger partial charge in [0.15, 0.2) is 0 Å². The van der Waals surface area contributed by atoms with E-state index in [1.165, 1.54) is 17.4 Å². The van der Waals surface area contributed by atoms with Gasteiger partial charge in [0.2, 0.25) is 0 Å². The fourth-order valence-corrected chi connectivity index (χ4v) is 4.34. The molecular formula is C26H22N2O4S. The van der Waals surface area contributed by atoms with Crippen molar-refractivity contribution in [1.29, 1.82) is 5.26 Å². The Morgan fingerprint density at radius 1 is 1.21 bits per heavy atom. The summed E-state index contributed by atoms with van der Waals surface area (Å²) in [6.07, 6.45) is 6.80. The molecule has 33 heavy (non-hydrogen) atoms. The van der Waals surface area contributed by atoms with Crippen LogP contribution in [-0.4, -0.2) is 25.1 Å². The Morgan fingerprint density at radius 3 is 2.67 bits per heavy atom. The maximum Gasteiger partial charge on any atom is 0.341 e. The van der Waals surface area contributed by atoms with Crippen LogP contribution >= 0.6 is 11.3 Å².